The number of hydrogen-bond donors (Lipinski definition) is 3. The van der Waals surface area contributed by atoms with Crippen LogP contribution in [0.25, 0.3) is 10.8 Å². The average molecular weight is 326 g/mol. The Bertz CT molecular complexity index is 586. The van der Waals surface area contributed by atoms with Crippen LogP contribution in [0.5, 0.6) is 5.75 Å². The number of phenolic OH excluding ortho intramolecular Hbond substituents is 1. The van der Waals surface area contributed by atoms with Crippen LogP contribution in [0.15, 0.2) is 36.4 Å². The van der Waals surface area contributed by atoms with Gasteiger partial charge < -0.3 is 15.9 Å². The number of halogens is 1. The number of hydrogen-bond acceptors (Lipinski definition) is 3. The number of aromatic hydroxyl groups is 1. The summed E-state index contributed by atoms with van der Waals surface area (Å²) in [5, 5.41) is 20.2. The number of aryl methyl sites for hydroxylation is 1. The van der Waals surface area contributed by atoms with E-state index in [1.165, 1.54) is 0 Å². The zero-order valence-corrected chi connectivity index (χ0v) is 12.0. The molecule has 0 radical (unpaired) electrons. The van der Waals surface area contributed by atoms with E-state index in [-0.39, 0.29) is 22.7 Å². The summed E-state index contributed by atoms with van der Waals surface area (Å²) < 4.78 is 0. The minimum Gasteiger partial charge on any atom is -0.507 e. The van der Waals surface area contributed by atoms with Crippen LogP contribution in [0.1, 0.15) is 12.0 Å². The van der Waals surface area contributed by atoms with Crippen molar-refractivity contribution in [2.45, 2.75) is 18.9 Å². The standard InChI is InChI=1S/C14H15NO3.BrH/c15-12(14(17)18)7-5-9-6-8-13(16)11-4-2-1-3-10(9)11;/h1-4,6,8,12,16H,5,7,15H2,(H,17,18);1H/t12-;/m0./s1. The number of fused-ring (bicyclic) bond motifs is 1. The van der Waals surface area contributed by atoms with Crippen molar-refractivity contribution in [1.82, 2.24) is 0 Å². The highest BCUT2D eigenvalue weighted by molar-refractivity contribution is 8.93. The number of carboxylic acids is 1. The van der Waals surface area contributed by atoms with Crippen LogP contribution in [-0.2, 0) is 11.2 Å². The van der Waals surface area contributed by atoms with Gasteiger partial charge in [0.25, 0.3) is 0 Å². The molecule has 0 bridgehead atoms. The monoisotopic (exact) mass is 325 g/mol. The molecule has 0 heterocycles. The molecule has 2 rings (SSSR count). The van der Waals surface area contributed by atoms with Gasteiger partial charge in [-0.1, -0.05) is 30.3 Å². The molecule has 0 fully saturated rings. The summed E-state index contributed by atoms with van der Waals surface area (Å²) in [7, 11) is 0. The van der Waals surface area contributed by atoms with Gasteiger partial charge in [0, 0.05) is 5.39 Å². The lowest BCUT2D eigenvalue weighted by Gasteiger charge is -2.10. The second kappa shape index (κ2) is 6.54. The summed E-state index contributed by atoms with van der Waals surface area (Å²) in [6.45, 7) is 0. The molecule has 0 saturated heterocycles. The van der Waals surface area contributed by atoms with Crippen molar-refractivity contribution in [2.24, 2.45) is 5.73 Å². The Morgan fingerprint density at radius 2 is 1.79 bits per heavy atom. The largest absolute Gasteiger partial charge is 0.507 e. The second-order valence-electron chi connectivity index (χ2n) is 4.27. The maximum absolute atomic E-state index is 10.7. The smallest absolute Gasteiger partial charge is 0.320 e. The fourth-order valence-electron chi connectivity index (χ4n) is 2.00. The van der Waals surface area contributed by atoms with Gasteiger partial charge in [-0.3, -0.25) is 4.79 Å². The van der Waals surface area contributed by atoms with Crippen LogP contribution in [0, 0.1) is 0 Å². The lowest BCUT2D eigenvalue weighted by molar-refractivity contribution is -0.138. The number of carbonyl (C=O) groups is 1. The van der Waals surface area contributed by atoms with Crippen molar-refractivity contribution in [3.8, 4) is 5.75 Å². The molecule has 0 aliphatic rings. The van der Waals surface area contributed by atoms with Gasteiger partial charge in [0.05, 0.1) is 0 Å². The Labute approximate surface area is 121 Å². The Morgan fingerprint density at radius 1 is 1.16 bits per heavy atom. The number of phenols is 1. The van der Waals surface area contributed by atoms with Crippen LogP contribution < -0.4 is 5.73 Å². The van der Waals surface area contributed by atoms with Crippen LogP contribution in [0.4, 0.5) is 0 Å². The molecular formula is C14H16BrNO3. The predicted octanol–water partition coefficient (Wildman–Crippen LogP) is 2.47. The molecule has 0 aliphatic carbocycles. The number of nitrogens with two attached hydrogens (primary N) is 1. The first-order valence-electron chi connectivity index (χ1n) is 5.77. The molecule has 4 nitrogen and oxygen atoms in total. The molecule has 0 amide bonds. The Morgan fingerprint density at radius 3 is 2.42 bits per heavy atom. The van der Waals surface area contributed by atoms with Crippen LogP contribution in [0.3, 0.4) is 0 Å². The third kappa shape index (κ3) is 3.45. The molecule has 0 aromatic heterocycles. The van der Waals surface area contributed by atoms with Gasteiger partial charge in [-0.25, -0.2) is 0 Å². The molecule has 2 aromatic carbocycles. The van der Waals surface area contributed by atoms with E-state index in [1.807, 2.05) is 30.3 Å². The van der Waals surface area contributed by atoms with E-state index in [0.29, 0.717) is 12.8 Å². The van der Waals surface area contributed by atoms with Gasteiger partial charge in [0.15, 0.2) is 0 Å². The zero-order chi connectivity index (χ0) is 13.1. The van der Waals surface area contributed by atoms with Crippen molar-refractivity contribution in [3.63, 3.8) is 0 Å². The zero-order valence-electron chi connectivity index (χ0n) is 10.2. The fraction of sp³-hybridized carbons (Fsp3) is 0.214. The van der Waals surface area contributed by atoms with E-state index in [2.05, 4.69) is 0 Å². The van der Waals surface area contributed by atoms with Crippen molar-refractivity contribution < 1.29 is 15.0 Å². The summed E-state index contributed by atoms with van der Waals surface area (Å²) >= 11 is 0. The van der Waals surface area contributed by atoms with Gasteiger partial charge >= 0.3 is 5.97 Å². The Kier molecular flexibility index (Phi) is 5.32. The molecular weight excluding hydrogens is 310 g/mol. The third-order valence-corrected chi connectivity index (χ3v) is 3.03. The highest BCUT2D eigenvalue weighted by Gasteiger charge is 2.12. The van der Waals surface area contributed by atoms with E-state index >= 15 is 0 Å². The molecule has 0 unspecified atom stereocenters. The molecule has 1 atom stereocenters. The lowest BCUT2D eigenvalue weighted by atomic mass is 9.98. The third-order valence-electron chi connectivity index (χ3n) is 3.03. The predicted molar refractivity (Wildman–Crippen MR) is 79.9 cm³/mol. The Balaban J connectivity index is 0.00000180. The van der Waals surface area contributed by atoms with E-state index in [4.69, 9.17) is 10.8 Å². The summed E-state index contributed by atoms with van der Waals surface area (Å²) in [6.07, 6.45) is 0.957. The van der Waals surface area contributed by atoms with Crippen molar-refractivity contribution in [1.29, 1.82) is 0 Å². The number of aliphatic carboxylic acids is 1. The number of benzene rings is 2. The first kappa shape index (κ1) is 15.5. The van der Waals surface area contributed by atoms with E-state index in [1.54, 1.807) is 6.07 Å². The molecule has 0 spiro atoms. The fourth-order valence-corrected chi connectivity index (χ4v) is 2.00. The van der Waals surface area contributed by atoms with Crippen LogP contribution in [-0.4, -0.2) is 22.2 Å². The van der Waals surface area contributed by atoms with Gasteiger partial charge in [-0.05, 0) is 29.9 Å². The lowest BCUT2D eigenvalue weighted by Crippen LogP contribution is -2.30. The minimum absolute atomic E-state index is 0. The normalized spacial score (nSPS) is 11.8. The summed E-state index contributed by atoms with van der Waals surface area (Å²) in [5.41, 5.74) is 6.49. The number of carboxylic acid groups (broad SMARTS) is 1. The van der Waals surface area contributed by atoms with Crippen LogP contribution >= 0.6 is 17.0 Å². The molecule has 2 aromatic rings. The molecule has 0 aliphatic heterocycles. The topological polar surface area (TPSA) is 83.5 Å². The van der Waals surface area contributed by atoms with Crippen molar-refractivity contribution in [2.75, 3.05) is 0 Å². The highest BCUT2D eigenvalue weighted by Crippen LogP contribution is 2.28. The van der Waals surface area contributed by atoms with Crippen molar-refractivity contribution in [3.05, 3.63) is 42.0 Å². The van der Waals surface area contributed by atoms with Gasteiger partial charge in [-0.2, -0.15) is 0 Å². The molecule has 4 N–H and O–H groups in total. The molecule has 0 saturated carbocycles. The molecule has 5 heteroatoms. The van der Waals surface area contributed by atoms with Gasteiger partial charge in [-0.15, -0.1) is 17.0 Å². The van der Waals surface area contributed by atoms with E-state index < -0.39 is 12.0 Å². The second-order valence-corrected chi connectivity index (χ2v) is 4.27. The molecule has 102 valence electrons. The number of rotatable bonds is 4. The van der Waals surface area contributed by atoms with Gasteiger partial charge in [0.1, 0.15) is 11.8 Å². The summed E-state index contributed by atoms with van der Waals surface area (Å²) in [6, 6.07) is 10.1. The maximum Gasteiger partial charge on any atom is 0.320 e. The molecule has 19 heavy (non-hydrogen) atoms. The van der Waals surface area contributed by atoms with E-state index in [0.717, 1.165) is 16.3 Å². The summed E-state index contributed by atoms with van der Waals surface area (Å²) in [4.78, 5) is 10.7. The average Bonchev–Trinajstić information content (AvgIpc) is 2.38. The minimum atomic E-state index is -0.988. The first-order chi connectivity index (χ1) is 8.59. The first-order valence-corrected chi connectivity index (χ1v) is 5.77. The summed E-state index contributed by atoms with van der Waals surface area (Å²) in [5.74, 6) is -0.755. The SMILES string of the molecule is Br.N[C@@H](CCc1ccc(O)c2ccccc12)C(=O)O. The maximum atomic E-state index is 10.7. The highest BCUT2D eigenvalue weighted by atomic mass is 79.9. The Hall–Kier alpha value is -1.59. The quantitative estimate of drug-likeness (QED) is 0.806. The van der Waals surface area contributed by atoms with E-state index in [9.17, 15) is 9.90 Å². The van der Waals surface area contributed by atoms with Gasteiger partial charge in [0.2, 0.25) is 0 Å². The van der Waals surface area contributed by atoms with Crippen molar-refractivity contribution >= 4 is 33.7 Å². The van der Waals surface area contributed by atoms with Crippen LogP contribution in [0.2, 0.25) is 0 Å².